The lowest BCUT2D eigenvalue weighted by Crippen LogP contribution is -2.51. The molecule has 1 amide bonds. The van der Waals surface area contributed by atoms with Gasteiger partial charge in [0.2, 0.25) is 10.0 Å². The summed E-state index contributed by atoms with van der Waals surface area (Å²) in [6.45, 7) is 2.13. The summed E-state index contributed by atoms with van der Waals surface area (Å²) in [5.74, 6) is -0.143. The van der Waals surface area contributed by atoms with Crippen molar-refractivity contribution in [3.05, 3.63) is 23.8 Å². The van der Waals surface area contributed by atoms with Crippen molar-refractivity contribution < 1.29 is 32.2 Å². The average Bonchev–Trinajstić information content (AvgIpc) is 2.64. The second-order valence-corrected chi connectivity index (χ2v) is 8.13. The van der Waals surface area contributed by atoms with Gasteiger partial charge in [-0.2, -0.15) is 4.31 Å². The van der Waals surface area contributed by atoms with Gasteiger partial charge in [-0.1, -0.05) is 6.07 Å². The number of benzene rings is 1. The van der Waals surface area contributed by atoms with Gasteiger partial charge in [0.05, 0.1) is 13.4 Å². The number of hydrogen-bond donors (Lipinski definition) is 0. The van der Waals surface area contributed by atoms with Gasteiger partial charge in [0.25, 0.3) is 5.91 Å². The SMILES string of the molecule is COc1cc(C)ccc1OCC(=O)OCC(=O)N1CCN(S(C)(=O)=O)CC1. The molecule has 1 aliphatic heterocycles. The number of rotatable bonds is 7. The van der Waals surface area contributed by atoms with Gasteiger partial charge in [0, 0.05) is 26.2 Å². The standard InChI is InChI=1S/C17H24N2O7S/c1-13-4-5-14(15(10-13)24-2)25-12-17(21)26-11-16(20)18-6-8-19(9-7-18)27(3,22)23/h4-5,10H,6-9,11-12H2,1-3H3. The fourth-order valence-corrected chi connectivity index (χ4v) is 3.40. The lowest BCUT2D eigenvalue weighted by Gasteiger charge is -2.33. The van der Waals surface area contributed by atoms with Crippen molar-refractivity contribution in [3.63, 3.8) is 0 Å². The van der Waals surface area contributed by atoms with Crippen molar-refractivity contribution in [2.75, 3.05) is 52.8 Å². The van der Waals surface area contributed by atoms with Crippen LogP contribution in [0.15, 0.2) is 18.2 Å². The fourth-order valence-electron chi connectivity index (χ4n) is 2.58. The van der Waals surface area contributed by atoms with Crippen LogP contribution in [0.2, 0.25) is 0 Å². The molecule has 1 saturated heterocycles. The summed E-state index contributed by atoms with van der Waals surface area (Å²) in [4.78, 5) is 25.4. The Kier molecular flexibility index (Phi) is 7.03. The van der Waals surface area contributed by atoms with Crippen LogP contribution < -0.4 is 9.47 Å². The molecule has 0 saturated carbocycles. The number of carbonyl (C=O) groups is 2. The zero-order valence-corrected chi connectivity index (χ0v) is 16.5. The Balaban J connectivity index is 1.75. The maximum absolute atomic E-state index is 12.1. The van der Waals surface area contributed by atoms with Crippen LogP contribution in [0.4, 0.5) is 0 Å². The van der Waals surface area contributed by atoms with E-state index < -0.39 is 22.6 Å². The first-order valence-electron chi connectivity index (χ1n) is 8.36. The van der Waals surface area contributed by atoms with Crippen LogP contribution in [0.5, 0.6) is 11.5 Å². The summed E-state index contributed by atoms with van der Waals surface area (Å²) in [5.41, 5.74) is 0.989. The average molecular weight is 400 g/mol. The Hall–Kier alpha value is -2.33. The predicted molar refractivity (Wildman–Crippen MR) is 97.2 cm³/mol. The molecule has 10 heteroatoms. The molecule has 1 fully saturated rings. The molecule has 9 nitrogen and oxygen atoms in total. The number of amides is 1. The van der Waals surface area contributed by atoms with Gasteiger partial charge >= 0.3 is 5.97 Å². The Bertz CT molecular complexity index is 786. The predicted octanol–water partition coefficient (Wildman–Crippen LogP) is 0.0294. The van der Waals surface area contributed by atoms with Crippen LogP contribution in [0.1, 0.15) is 5.56 Å². The zero-order chi connectivity index (χ0) is 20.0. The Morgan fingerprint density at radius 2 is 1.74 bits per heavy atom. The minimum absolute atomic E-state index is 0.231. The summed E-state index contributed by atoms with van der Waals surface area (Å²) >= 11 is 0. The highest BCUT2D eigenvalue weighted by atomic mass is 32.2. The minimum atomic E-state index is -3.26. The molecule has 1 aromatic rings. The van der Waals surface area contributed by atoms with Crippen molar-refractivity contribution in [1.82, 2.24) is 9.21 Å². The van der Waals surface area contributed by atoms with E-state index in [-0.39, 0.29) is 38.7 Å². The zero-order valence-electron chi connectivity index (χ0n) is 15.6. The second-order valence-electron chi connectivity index (χ2n) is 6.15. The largest absolute Gasteiger partial charge is 0.493 e. The molecule has 0 bridgehead atoms. The Morgan fingerprint density at radius 3 is 2.33 bits per heavy atom. The quantitative estimate of drug-likeness (QED) is 0.595. The third-order valence-electron chi connectivity index (χ3n) is 4.08. The first-order valence-corrected chi connectivity index (χ1v) is 10.2. The van der Waals surface area contributed by atoms with E-state index in [9.17, 15) is 18.0 Å². The summed E-state index contributed by atoms with van der Waals surface area (Å²) in [7, 11) is -1.76. The van der Waals surface area contributed by atoms with E-state index in [1.807, 2.05) is 13.0 Å². The number of piperazine rings is 1. The van der Waals surface area contributed by atoms with Crippen LogP contribution in [0, 0.1) is 6.92 Å². The number of ether oxygens (including phenoxy) is 3. The van der Waals surface area contributed by atoms with E-state index in [1.165, 1.54) is 16.3 Å². The van der Waals surface area contributed by atoms with Crippen LogP contribution in [0.25, 0.3) is 0 Å². The first kappa shape index (κ1) is 21.0. The molecule has 1 aliphatic rings. The van der Waals surface area contributed by atoms with Crippen molar-refractivity contribution in [1.29, 1.82) is 0 Å². The van der Waals surface area contributed by atoms with Crippen LogP contribution in [-0.4, -0.2) is 82.3 Å². The molecular formula is C17H24N2O7S. The topological polar surface area (TPSA) is 102 Å². The van der Waals surface area contributed by atoms with Crippen LogP contribution >= 0.6 is 0 Å². The molecule has 0 unspecified atom stereocenters. The van der Waals surface area contributed by atoms with Gasteiger partial charge in [-0.15, -0.1) is 0 Å². The van der Waals surface area contributed by atoms with E-state index in [4.69, 9.17) is 14.2 Å². The molecule has 2 rings (SSSR count). The van der Waals surface area contributed by atoms with Crippen molar-refractivity contribution >= 4 is 21.9 Å². The highest BCUT2D eigenvalue weighted by molar-refractivity contribution is 7.88. The lowest BCUT2D eigenvalue weighted by molar-refractivity contribution is -0.154. The summed E-state index contributed by atoms with van der Waals surface area (Å²) < 4.78 is 39.7. The monoisotopic (exact) mass is 400 g/mol. The number of nitrogens with zero attached hydrogens (tertiary/aromatic N) is 2. The molecule has 0 aliphatic carbocycles. The highest BCUT2D eigenvalue weighted by Crippen LogP contribution is 2.27. The second kappa shape index (κ2) is 9.05. The summed E-state index contributed by atoms with van der Waals surface area (Å²) in [6.07, 6.45) is 1.13. The molecule has 1 heterocycles. The highest BCUT2D eigenvalue weighted by Gasteiger charge is 2.26. The molecular weight excluding hydrogens is 376 g/mol. The van der Waals surface area contributed by atoms with Crippen molar-refractivity contribution in [3.8, 4) is 11.5 Å². The Morgan fingerprint density at radius 1 is 1.07 bits per heavy atom. The van der Waals surface area contributed by atoms with Crippen molar-refractivity contribution in [2.24, 2.45) is 0 Å². The van der Waals surface area contributed by atoms with Gasteiger partial charge < -0.3 is 19.1 Å². The summed E-state index contributed by atoms with van der Waals surface area (Å²) in [5, 5.41) is 0. The van der Waals surface area contributed by atoms with Crippen LogP contribution in [-0.2, 0) is 24.3 Å². The smallest absolute Gasteiger partial charge is 0.344 e. The van der Waals surface area contributed by atoms with E-state index in [0.717, 1.165) is 11.8 Å². The number of carbonyl (C=O) groups excluding carboxylic acids is 2. The maximum atomic E-state index is 12.1. The molecule has 0 radical (unpaired) electrons. The van der Waals surface area contributed by atoms with Crippen LogP contribution in [0.3, 0.4) is 0 Å². The lowest BCUT2D eigenvalue weighted by atomic mass is 10.2. The van der Waals surface area contributed by atoms with Gasteiger partial charge in [-0.05, 0) is 24.6 Å². The minimum Gasteiger partial charge on any atom is -0.493 e. The van der Waals surface area contributed by atoms with Crippen molar-refractivity contribution in [2.45, 2.75) is 6.92 Å². The normalized spacial score (nSPS) is 15.3. The fraction of sp³-hybridized carbons (Fsp3) is 0.529. The molecule has 0 N–H and O–H groups in total. The first-order chi connectivity index (χ1) is 12.7. The number of esters is 1. The summed E-state index contributed by atoms with van der Waals surface area (Å²) in [6, 6.07) is 5.29. The number of methoxy groups -OCH3 is 1. The molecule has 0 spiro atoms. The van der Waals surface area contributed by atoms with E-state index in [0.29, 0.717) is 11.5 Å². The molecule has 0 aromatic heterocycles. The Labute approximate surface area is 158 Å². The van der Waals surface area contributed by atoms with Gasteiger partial charge in [-0.25, -0.2) is 13.2 Å². The number of aryl methyl sites for hydroxylation is 1. The molecule has 0 atom stereocenters. The molecule has 27 heavy (non-hydrogen) atoms. The van der Waals surface area contributed by atoms with E-state index in [1.54, 1.807) is 12.1 Å². The van der Waals surface area contributed by atoms with Gasteiger partial charge in [-0.3, -0.25) is 4.79 Å². The maximum Gasteiger partial charge on any atom is 0.344 e. The third kappa shape index (κ3) is 6.10. The van der Waals surface area contributed by atoms with E-state index >= 15 is 0 Å². The van der Waals surface area contributed by atoms with Gasteiger partial charge in [0.1, 0.15) is 0 Å². The molecule has 1 aromatic carbocycles. The van der Waals surface area contributed by atoms with E-state index in [2.05, 4.69) is 0 Å². The molecule has 150 valence electrons. The number of hydrogen-bond acceptors (Lipinski definition) is 7. The number of sulfonamides is 1. The third-order valence-corrected chi connectivity index (χ3v) is 5.38. The van der Waals surface area contributed by atoms with Gasteiger partial charge in [0.15, 0.2) is 24.7 Å².